The molecule has 2 rings (SSSR count). The van der Waals surface area contributed by atoms with E-state index < -0.39 is 11.5 Å². The number of aliphatic hydroxyl groups is 1. The maximum Gasteiger partial charge on any atom is 2.00 e. The van der Waals surface area contributed by atoms with Gasteiger partial charge >= 0.3 is 31.1 Å². The Morgan fingerprint density at radius 3 is 2.47 bits per heavy atom. The molecule has 0 fully saturated rings. The molecule has 0 aliphatic carbocycles. The van der Waals surface area contributed by atoms with Crippen molar-refractivity contribution >= 4 is 17.5 Å². The number of hydrogen-bond acceptors (Lipinski definition) is 4. The molecule has 2 aromatic carbocycles. The third-order valence-electron chi connectivity index (χ3n) is 5.72. The Bertz CT molecular complexity index is 1210. The van der Waals surface area contributed by atoms with Crippen molar-refractivity contribution in [1.29, 1.82) is 0 Å². The molecule has 2 aromatic rings. The number of hydrogen-bond donors (Lipinski definition) is 2. The molecule has 0 radical (unpaired) electrons. The van der Waals surface area contributed by atoms with Crippen molar-refractivity contribution in [3.05, 3.63) is 96.1 Å². The van der Waals surface area contributed by atoms with Crippen LogP contribution in [0.25, 0.3) is 0 Å². The van der Waals surface area contributed by atoms with Gasteiger partial charge in [-0.1, -0.05) is 53.8 Å². The monoisotopic (exact) mass is 737 g/mol. The zero-order chi connectivity index (χ0) is 27.8. The molecule has 2 N–H and O–H groups in total. The van der Waals surface area contributed by atoms with E-state index in [2.05, 4.69) is 62.7 Å². The van der Waals surface area contributed by atoms with Gasteiger partial charge in [0.05, 0.1) is 0 Å². The van der Waals surface area contributed by atoms with Crippen molar-refractivity contribution in [3.63, 3.8) is 0 Å². The number of carbonyl (C=O) groups excluding carboxylic acids is 2. The molecule has 0 saturated heterocycles. The smallest absolute Gasteiger partial charge is 0.378 e. The fourth-order valence-corrected chi connectivity index (χ4v) is 3.45. The standard InChI is InChI=1S/C31H37N3O3.U/c1-22-11-9-12-23(2)28(22)21-33(7)18-16-24(3)29(35)32-20-25(4)30(36)34(8)27-14-10-13-26(19-27)15-17-31(5,6)37;/h9-13,16,18-19,25,37H,3-4,20-21H2,1-2,5-8H3,(H,32,35);/q-2;+2/b18-16-;/t25-;/m0./s1. The summed E-state index contributed by atoms with van der Waals surface area (Å²) in [6.45, 7) is 15.9. The first-order valence-corrected chi connectivity index (χ1v) is 12.1. The van der Waals surface area contributed by atoms with Crippen LogP contribution in [0.4, 0.5) is 5.69 Å². The van der Waals surface area contributed by atoms with Gasteiger partial charge in [0.2, 0.25) is 0 Å². The second-order valence-corrected chi connectivity index (χ2v) is 9.70. The fourth-order valence-electron chi connectivity index (χ4n) is 3.45. The van der Waals surface area contributed by atoms with Gasteiger partial charge in [0.1, 0.15) is 5.60 Å². The Balaban J connectivity index is 0.00000722. The maximum absolute atomic E-state index is 12.9. The Morgan fingerprint density at radius 2 is 1.87 bits per heavy atom. The Labute approximate surface area is 251 Å². The predicted molar refractivity (Wildman–Crippen MR) is 149 cm³/mol. The van der Waals surface area contributed by atoms with Gasteiger partial charge in [-0.25, -0.2) is 0 Å². The summed E-state index contributed by atoms with van der Waals surface area (Å²) < 4.78 is 0. The van der Waals surface area contributed by atoms with Crippen molar-refractivity contribution in [2.45, 2.75) is 39.8 Å². The molecule has 38 heavy (non-hydrogen) atoms. The topological polar surface area (TPSA) is 72.9 Å². The predicted octanol–water partition coefficient (Wildman–Crippen LogP) is 3.96. The molecule has 1 atom stereocenters. The van der Waals surface area contributed by atoms with E-state index in [-0.39, 0.29) is 55.0 Å². The SMILES string of the molecule is C=C(/C=C\N(C)Cc1c(C)cccc1C)C(=O)NC[C@H]([CH2-])C(=O)N(C)c1[c-]ccc(C#CC(C)(C)O)c1.[U+2]. The van der Waals surface area contributed by atoms with Gasteiger partial charge < -0.3 is 27.1 Å². The Morgan fingerprint density at radius 1 is 1.24 bits per heavy atom. The molecule has 0 aliphatic heterocycles. The van der Waals surface area contributed by atoms with Gasteiger partial charge in [-0.15, -0.1) is 6.07 Å². The van der Waals surface area contributed by atoms with Crippen LogP contribution in [-0.4, -0.2) is 48.1 Å². The van der Waals surface area contributed by atoms with Gasteiger partial charge in [-0.3, -0.25) is 9.59 Å². The van der Waals surface area contributed by atoms with Gasteiger partial charge in [-0.05, 0) is 56.7 Å². The molecule has 0 saturated carbocycles. The molecule has 2 amide bonds. The first kappa shape index (κ1) is 33.3. The molecule has 0 unspecified atom stereocenters. The molecule has 198 valence electrons. The van der Waals surface area contributed by atoms with Crippen molar-refractivity contribution in [2.24, 2.45) is 5.92 Å². The van der Waals surface area contributed by atoms with Crippen LogP contribution in [0.15, 0.2) is 60.8 Å². The second-order valence-electron chi connectivity index (χ2n) is 9.70. The van der Waals surface area contributed by atoms with Crippen LogP contribution in [0.3, 0.4) is 0 Å². The molecular formula is C31H37N3O3U. The van der Waals surface area contributed by atoms with Gasteiger partial charge in [0, 0.05) is 32.8 Å². The first-order chi connectivity index (χ1) is 17.3. The largest absolute Gasteiger partial charge is 2.00 e. The van der Waals surface area contributed by atoms with E-state index in [1.165, 1.54) is 21.6 Å². The second kappa shape index (κ2) is 15.0. The van der Waals surface area contributed by atoms with E-state index in [4.69, 9.17) is 0 Å². The van der Waals surface area contributed by atoms with Crippen LogP contribution in [0, 0.1) is 75.7 Å². The van der Waals surface area contributed by atoms with Crippen LogP contribution in [0.1, 0.15) is 36.1 Å². The number of amides is 2. The van der Waals surface area contributed by atoms with E-state index in [9.17, 15) is 14.7 Å². The van der Waals surface area contributed by atoms with E-state index in [0.717, 1.165) is 0 Å². The quantitative estimate of drug-likeness (QED) is 0.177. The van der Waals surface area contributed by atoms with Gasteiger partial charge in [0.15, 0.2) is 5.91 Å². The molecule has 7 heteroatoms. The van der Waals surface area contributed by atoms with Crippen molar-refractivity contribution < 1.29 is 45.8 Å². The summed E-state index contributed by atoms with van der Waals surface area (Å²) in [5.41, 5.74) is 4.03. The average Bonchev–Trinajstić information content (AvgIpc) is 2.85. The fraction of sp³-hybridized carbons (Fsp3) is 0.323. The summed E-state index contributed by atoms with van der Waals surface area (Å²) in [4.78, 5) is 28.8. The zero-order valence-electron chi connectivity index (χ0n) is 23.2. The number of anilines is 1. The van der Waals surface area contributed by atoms with Crippen molar-refractivity contribution in [2.75, 3.05) is 25.5 Å². The summed E-state index contributed by atoms with van der Waals surface area (Å²) in [5.74, 6) is 4.28. The number of nitrogens with zero attached hydrogens (tertiary/aromatic N) is 2. The summed E-state index contributed by atoms with van der Waals surface area (Å²) in [6, 6.07) is 14.3. The number of rotatable bonds is 9. The minimum absolute atomic E-state index is 0. The zero-order valence-corrected chi connectivity index (χ0v) is 27.3. The van der Waals surface area contributed by atoms with Crippen LogP contribution >= 0.6 is 0 Å². The van der Waals surface area contributed by atoms with E-state index >= 15 is 0 Å². The third-order valence-corrected chi connectivity index (χ3v) is 5.72. The Hall–Kier alpha value is -2.77. The third kappa shape index (κ3) is 10.5. The van der Waals surface area contributed by atoms with Gasteiger partial charge in [-0.2, -0.15) is 18.2 Å². The average molecular weight is 738 g/mol. The summed E-state index contributed by atoms with van der Waals surface area (Å²) in [6.07, 6.45) is 3.47. The van der Waals surface area contributed by atoms with Crippen LogP contribution in [0.2, 0.25) is 0 Å². The van der Waals surface area contributed by atoms with Crippen LogP contribution in [0.5, 0.6) is 0 Å². The number of carbonyl (C=O) groups is 2. The summed E-state index contributed by atoms with van der Waals surface area (Å²) >= 11 is 0. The van der Waals surface area contributed by atoms with Crippen LogP contribution in [-0.2, 0) is 16.1 Å². The molecule has 0 spiro atoms. The van der Waals surface area contributed by atoms with Gasteiger partial charge in [0.25, 0.3) is 5.91 Å². The normalized spacial score (nSPS) is 11.6. The van der Waals surface area contributed by atoms with Crippen molar-refractivity contribution in [3.8, 4) is 11.8 Å². The van der Waals surface area contributed by atoms with E-state index in [1.807, 2.05) is 24.2 Å². The molecule has 0 bridgehead atoms. The molecule has 0 heterocycles. The summed E-state index contributed by atoms with van der Waals surface area (Å²) in [5, 5.41) is 12.5. The number of benzene rings is 2. The summed E-state index contributed by atoms with van der Waals surface area (Å²) in [7, 11) is 3.56. The molecular weight excluding hydrogens is 700 g/mol. The Kier molecular flexibility index (Phi) is 13.1. The first-order valence-electron chi connectivity index (χ1n) is 12.1. The van der Waals surface area contributed by atoms with E-state index in [0.29, 0.717) is 17.8 Å². The molecule has 0 aromatic heterocycles. The number of aryl methyl sites for hydroxylation is 2. The minimum Gasteiger partial charge on any atom is -0.378 e. The van der Waals surface area contributed by atoms with E-state index in [1.54, 1.807) is 45.2 Å². The van der Waals surface area contributed by atoms with Crippen LogP contribution < -0.4 is 10.2 Å². The molecule has 6 nitrogen and oxygen atoms in total. The number of nitrogens with one attached hydrogen (secondary N) is 1. The maximum atomic E-state index is 12.9. The molecule has 0 aliphatic rings. The minimum atomic E-state index is -1.12. The van der Waals surface area contributed by atoms with Crippen molar-refractivity contribution in [1.82, 2.24) is 10.2 Å².